The molecule has 0 saturated carbocycles. The lowest BCUT2D eigenvalue weighted by atomic mass is 10.0. The number of carboxylic acid groups (broad SMARTS) is 1. The third kappa shape index (κ3) is 2.54. The highest BCUT2D eigenvalue weighted by Crippen LogP contribution is 2.26. The molecule has 0 spiro atoms. The number of carboxylic acids is 1. The molecule has 0 saturated heterocycles. The second-order valence-corrected chi connectivity index (χ2v) is 5.16. The Morgan fingerprint density at radius 1 is 1.14 bits per heavy atom. The van der Waals surface area contributed by atoms with Gasteiger partial charge in [-0.3, -0.25) is 0 Å². The molecule has 2 aromatic rings. The first-order chi connectivity index (χ1) is 10.2. The number of aromatic carboxylic acids is 1. The van der Waals surface area contributed by atoms with E-state index in [-0.39, 0.29) is 11.3 Å². The average molecular weight is 283 g/mol. The molecule has 21 heavy (non-hydrogen) atoms. The Morgan fingerprint density at radius 2 is 1.76 bits per heavy atom. The quantitative estimate of drug-likeness (QED) is 0.881. The molecule has 0 amide bonds. The summed E-state index contributed by atoms with van der Waals surface area (Å²) in [4.78, 5) is 17.5. The number of nitrogens with zero attached hydrogens (tertiary/aromatic N) is 2. The van der Waals surface area contributed by atoms with Crippen LogP contribution >= 0.6 is 0 Å². The first-order valence-corrected chi connectivity index (χ1v) is 6.96. The molecule has 1 aromatic heterocycles. The Hall–Kier alpha value is -2.56. The second-order valence-electron chi connectivity index (χ2n) is 5.16. The van der Waals surface area contributed by atoms with Crippen LogP contribution < -0.4 is 10.6 Å². The molecule has 5 nitrogen and oxygen atoms in total. The molecule has 1 aliphatic rings. The van der Waals surface area contributed by atoms with Gasteiger partial charge in [0, 0.05) is 19.3 Å². The zero-order valence-electron chi connectivity index (χ0n) is 11.6. The Morgan fingerprint density at radius 3 is 2.33 bits per heavy atom. The topological polar surface area (TPSA) is 79.5 Å². The van der Waals surface area contributed by atoms with Crippen LogP contribution in [-0.4, -0.2) is 29.1 Å². The van der Waals surface area contributed by atoms with Crippen LogP contribution in [0, 0.1) is 0 Å². The number of pyridine rings is 1. The van der Waals surface area contributed by atoms with E-state index in [1.165, 1.54) is 23.4 Å². The third-order valence-electron chi connectivity index (χ3n) is 3.92. The molecule has 0 aliphatic carbocycles. The summed E-state index contributed by atoms with van der Waals surface area (Å²) in [6.45, 7) is 1.58. The molecule has 1 aliphatic heterocycles. The summed E-state index contributed by atoms with van der Waals surface area (Å²) in [5, 5.41) is 9.16. The zero-order valence-corrected chi connectivity index (χ0v) is 11.6. The van der Waals surface area contributed by atoms with Crippen LogP contribution in [0.3, 0.4) is 0 Å². The van der Waals surface area contributed by atoms with E-state index in [1.54, 1.807) is 0 Å². The van der Waals surface area contributed by atoms with Crippen molar-refractivity contribution in [1.29, 1.82) is 0 Å². The first-order valence-electron chi connectivity index (χ1n) is 6.96. The number of benzene rings is 1. The maximum Gasteiger partial charge on any atom is 0.337 e. The molecule has 0 atom stereocenters. The summed E-state index contributed by atoms with van der Waals surface area (Å²) in [6, 6.07) is 9.82. The largest absolute Gasteiger partial charge is 0.478 e. The van der Waals surface area contributed by atoms with Gasteiger partial charge < -0.3 is 15.7 Å². The number of hydrogen-bond acceptors (Lipinski definition) is 4. The summed E-state index contributed by atoms with van der Waals surface area (Å²) in [5.41, 5.74) is 9.03. The summed E-state index contributed by atoms with van der Waals surface area (Å²) in [6.07, 6.45) is 3.33. The highest BCUT2D eigenvalue weighted by atomic mass is 16.4. The van der Waals surface area contributed by atoms with E-state index in [2.05, 4.69) is 22.0 Å². The molecule has 3 rings (SSSR count). The monoisotopic (exact) mass is 283 g/mol. The van der Waals surface area contributed by atoms with Crippen LogP contribution in [0.5, 0.6) is 0 Å². The van der Waals surface area contributed by atoms with Gasteiger partial charge in [0.2, 0.25) is 0 Å². The number of nitrogen functional groups attached to an aromatic ring is 1. The molecule has 0 fully saturated rings. The average Bonchev–Trinajstić information content (AvgIpc) is 2.70. The lowest BCUT2D eigenvalue weighted by Crippen LogP contribution is -2.28. The molecule has 2 heterocycles. The van der Waals surface area contributed by atoms with E-state index < -0.39 is 5.97 Å². The van der Waals surface area contributed by atoms with Crippen molar-refractivity contribution in [3.63, 3.8) is 0 Å². The highest BCUT2D eigenvalue weighted by Gasteiger charge is 2.20. The third-order valence-corrected chi connectivity index (χ3v) is 3.92. The number of fused-ring (bicyclic) bond motifs is 1. The fraction of sp³-hybridized carbons (Fsp3) is 0.250. The Labute approximate surface area is 123 Å². The van der Waals surface area contributed by atoms with E-state index in [1.807, 2.05) is 12.1 Å². The summed E-state index contributed by atoms with van der Waals surface area (Å²) in [5.74, 6) is -0.447. The van der Waals surface area contributed by atoms with Gasteiger partial charge in [0.1, 0.15) is 0 Å². The van der Waals surface area contributed by atoms with E-state index in [4.69, 9.17) is 10.8 Å². The van der Waals surface area contributed by atoms with Gasteiger partial charge in [0.15, 0.2) is 5.82 Å². The number of rotatable bonds is 2. The fourth-order valence-corrected chi connectivity index (χ4v) is 2.78. The van der Waals surface area contributed by atoms with Crippen LogP contribution in [0.4, 0.5) is 11.5 Å². The van der Waals surface area contributed by atoms with Gasteiger partial charge in [-0.05, 0) is 30.0 Å². The normalized spacial score (nSPS) is 14.4. The molecule has 0 radical (unpaired) electrons. The van der Waals surface area contributed by atoms with Crippen molar-refractivity contribution < 1.29 is 9.90 Å². The van der Waals surface area contributed by atoms with Gasteiger partial charge in [-0.2, -0.15) is 0 Å². The lowest BCUT2D eigenvalue weighted by Gasteiger charge is -2.23. The van der Waals surface area contributed by atoms with Crippen molar-refractivity contribution in [1.82, 2.24) is 4.98 Å². The molecule has 5 heteroatoms. The van der Waals surface area contributed by atoms with Crippen molar-refractivity contribution in [2.45, 2.75) is 12.8 Å². The minimum atomic E-state index is -1.02. The summed E-state index contributed by atoms with van der Waals surface area (Å²) < 4.78 is 0. The molecule has 3 N–H and O–H groups in total. The Bertz CT molecular complexity index is 658. The van der Waals surface area contributed by atoms with Crippen molar-refractivity contribution in [2.75, 3.05) is 23.7 Å². The van der Waals surface area contributed by atoms with Gasteiger partial charge in [-0.25, -0.2) is 9.78 Å². The molecule has 0 bridgehead atoms. The Kier molecular flexibility index (Phi) is 3.48. The number of nitrogens with two attached hydrogens (primary N) is 1. The van der Waals surface area contributed by atoms with Crippen molar-refractivity contribution >= 4 is 17.5 Å². The van der Waals surface area contributed by atoms with Gasteiger partial charge in [-0.15, -0.1) is 0 Å². The van der Waals surface area contributed by atoms with Gasteiger partial charge >= 0.3 is 5.97 Å². The van der Waals surface area contributed by atoms with Crippen LogP contribution in [0.15, 0.2) is 36.5 Å². The van der Waals surface area contributed by atoms with Crippen molar-refractivity contribution in [3.8, 4) is 0 Å². The minimum absolute atomic E-state index is 0.113. The maximum absolute atomic E-state index is 11.2. The first kappa shape index (κ1) is 13.4. The SMILES string of the molecule is Nc1c(C(=O)O)ccnc1N1CCc2ccccc2CC1. The minimum Gasteiger partial charge on any atom is -0.478 e. The summed E-state index contributed by atoms with van der Waals surface area (Å²) in [7, 11) is 0. The van der Waals surface area contributed by atoms with Crippen LogP contribution in [0.25, 0.3) is 0 Å². The number of carbonyl (C=O) groups is 1. The molecule has 0 unspecified atom stereocenters. The van der Waals surface area contributed by atoms with Crippen LogP contribution in [-0.2, 0) is 12.8 Å². The number of anilines is 2. The van der Waals surface area contributed by atoms with Gasteiger partial charge in [0.05, 0.1) is 11.3 Å². The lowest BCUT2D eigenvalue weighted by molar-refractivity contribution is 0.0698. The second kappa shape index (κ2) is 5.44. The summed E-state index contributed by atoms with van der Waals surface area (Å²) >= 11 is 0. The smallest absolute Gasteiger partial charge is 0.337 e. The van der Waals surface area contributed by atoms with Crippen LogP contribution in [0.2, 0.25) is 0 Å². The van der Waals surface area contributed by atoms with E-state index in [0.717, 1.165) is 25.9 Å². The predicted molar refractivity (Wildman–Crippen MR) is 81.7 cm³/mol. The fourth-order valence-electron chi connectivity index (χ4n) is 2.78. The van der Waals surface area contributed by atoms with Gasteiger partial charge in [0.25, 0.3) is 0 Å². The number of aromatic nitrogens is 1. The maximum atomic E-state index is 11.2. The number of hydrogen-bond donors (Lipinski definition) is 2. The van der Waals surface area contributed by atoms with Crippen molar-refractivity contribution in [3.05, 3.63) is 53.2 Å². The standard InChI is InChI=1S/C16H17N3O2/c17-14-13(16(20)21)5-8-18-15(14)19-9-6-11-3-1-2-4-12(11)7-10-19/h1-5,8H,6-7,9-10,17H2,(H,20,21). The zero-order chi connectivity index (χ0) is 14.8. The van der Waals surface area contributed by atoms with Crippen LogP contribution in [0.1, 0.15) is 21.5 Å². The molecular weight excluding hydrogens is 266 g/mol. The van der Waals surface area contributed by atoms with E-state index in [0.29, 0.717) is 5.82 Å². The highest BCUT2D eigenvalue weighted by molar-refractivity contribution is 5.96. The van der Waals surface area contributed by atoms with E-state index >= 15 is 0 Å². The van der Waals surface area contributed by atoms with E-state index in [9.17, 15) is 4.79 Å². The molecular formula is C16H17N3O2. The Balaban J connectivity index is 1.90. The van der Waals surface area contributed by atoms with Gasteiger partial charge in [-0.1, -0.05) is 24.3 Å². The van der Waals surface area contributed by atoms with Crippen molar-refractivity contribution in [2.24, 2.45) is 0 Å². The molecule has 108 valence electrons. The molecule has 1 aromatic carbocycles. The predicted octanol–water partition coefficient (Wildman–Crippen LogP) is 1.97.